The van der Waals surface area contributed by atoms with E-state index in [9.17, 15) is 8.78 Å². The van der Waals surface area contributed by atoms with Gasteiger partial charge in [0, 0.05) is 18.3 Å². The molecule has 0 spiro atoms. The van der Waals surface area contributed by atoms with Crippen LogP contribution in [0.25, 0.3) is 0 Å². The summed E-state index contributed by atoms with van der Waals surface area (Å²) in [7, 11) is 1.50. The molecule has 0 bridgehead atoms. The van der Waals surface area contributed by atoms with E-state index in [0.717, 1.165) is 5.56 Å². The molecular formula is C13H12F2N2O. The van der Waals surface area contributed by atoms with Crippen LogP contribution in [0.1, 0.15) is 5.56 Å². The Balaban J connectivity index is 2.16. The summed E-state index contributed by atoms with van der Waals surface area (Å²) in [4.78, 5) is 4.00. The predicted octanol–water partition coefficient (Wildman–Crippen LogP) is 2.98. The third-order valence-electron chi connectivity index (χ3n) is 2.46. The van der Waals surface area contributed by atoms with Gasteiger partial charge in [0.2, 0.25) is 5.88 Å². The minimum atomic E-state index is -0.627. The summed E-state index contributed by atoms with van der Waals surface area (Å²) in [6.45, 7) is 0.231. The summed E-state index contributed by atoms with van der Waals surface area (Å²) in [6, 6.07) is 7.23. The molecule has 0 amide bonds. The molecule has 5 heteroatoms. The summed E-state index contributed by atoms with van der Waals surface area (Å²) < 4.78 is 31.8. The molecule has 94 valence electrons. The van der Waals surface area contributed by atoms with Crippen LogP contribution in [0.15, 0.2) is 36.5 Å². The first kappa shape index (κ1) is 12.3. The van der Waals surface area contributed by atoms with Crippen LogP contribution >= 0.6 is 0 Å². The van der Waals surface area contributed by atoms with Crippen molar-refractivity contribution in [3.8, 4) is 5.88 Å². The molecule has 2 rings (SSSR count). The second-order valence-corrected chi connectivity index (χ2v) is 3.62. The molecule has 1 N–H and O–H groups in total. The maximum Gasteiger partial charge on any atom is 0.218 e. The van der Waals surface area contributed by atoms with Crippen molar-refractivity contribution in [2.45, 2.75) is 6.54 Å². The summed E-state index contributed by atoms with van der Waals surface area (Å²) in [5, 5.41) is 2.70. The van der Waals surface area contributed by atoms with Crippen LogP contribution < -0.4 is 10.1 Å². The van der Waals surface area contributed by atoms with E-state index in [1.54, 1.807) is 18.3 Å². The van der Waals surface area contributed by atoms with Gasteiger partial charge in [0.15, 0.2) is 0 Å². The van der Waals surface area contributed by atoms with E-state index in [0.29, 0.717) is 5.88 Å². The van der Waals surface area contributed by atoms with E-state index in [-0.39, 0.29) is 12.2 Å². The van der Waals surface area contributed by atoms with Gasteiger partial charge >= 0.3 is 0 Å². The number of ether oxygens (including phenoxy) is 1. The van der Waals surface area contributed by atoms with Crippen LogP contribution in [-0.4, -0.2) is 12.1 Å². The van der Waals surface area contributed by atoms with Gasteiger partial charge < -0.3 is 10.1 Å². The number of hydrogen-bond donors (Lipinski definition) is 1. The zero-order chi connectivity index (χ0) is 13.0. The molecule has 1 aromatic heterocycles. The van der Waals surface area contributed by atoms with Crippen molar-refractivity contribution >= 4 is 5.69 Å². The number of anilines is 1. The highest BCUT2D eigenvalue weighted by Crippen LogP contribution is 2.21. The molecule has 0 unspecified atom stereocenters. The molecule has 0 aliphatic rings. The van der Waals surface area contributed by atoms with Crippen molar-refractivity contribution in [2.24, 2.45) is 0 Å². The van der Waals surface area contributed by atoms with E-state index in [1.165, 1.54) is 25.3 Å². The summed E-state index contributed by atoms with van der Waals surface area (Å²) in [5.74, 6) is -0.822. The third-order valence-corrected chi connectivity index (χ3v) is 2.46. The SMILES string of the molecule is COc1ncccc1CNc1c(F)cccc1F. The van der Waals surface area contributed by atoms with Crippen molar-refractivity contribution in [1.29, 1.82) is 0 Å². The Bertz CT molecular complexity index is 526. The predicted molar refractivity (Wildman–Crippen MR) is 64.5 cm³/mol. The number of methoxy groups -OCH3 is 1. The van der Waals surface area contributed by atoms with Gasteiger partial charge in [-0.3, -0.25) is 0 Å². The van der Waals surface area contributed by atoms with Crippen molar-refractivity contribution in [1.82, 2.24) is 4.98 Å². The first-order chi connectivity index (χ1) is 8.72. The molecule has 0 saturated heterocycles. The van der Waals surface area contributed by atoms with Gasteiger partial charge in [-0.2, -0.15) is 0 Å². The molecule has 0 radical (unpaired) electrons. The normalized spacial score (nSPS) is 10.2. The minimum absolute atomic E-state index is 0.150. The Morgan fingerprint density at radius 2 is 1.89 bits per heavy atom. The molecule has 0 saturated carbocycles. The van der Waals surface area contributed by atoms with E-state index in [2.05, 4.69) is 10.3 Å². The van der Waals surface area contributed by atoms with Gasteiger partial charge in [-0.1, -0.05) is 12.1 Å². The molecule has 3 nitrogen and oxygen atoms in total. The maximum atomic E-state index is 13.4. The molecular weight excluding hydrogens is 238 g/mol. The van der Waals surface area contributed by atoms with Crippen LogP contribution in [0.3, 0.4) is 0 Å². The van der Waals surface area contributed by atoms with Crippen molar-refractivity contribution in [3.63, 3.8) is 0 Å². The maximum absolute atomic E-state index is 13.4. The fourth-order valence-corrected chi connectivity index (χ4v) is 1.59. The minimum Gasteiger partial charge on any atom is -0.481 e. The number of aromatic nitrogens is 1. The van der Waals surface area contributed by atoms with E-state index < -0.39 is 11.6 Å². The lowest BCUT2D eigenvalue weighted by Gasteiger charge is -2.10. The monoisotopic (exact) mass is 250 g/mol. The smallest absolute Gasteiger partial charge is 0.218 e. The molecule has 0 aliphatic heterocycles. The lowest BCUT2D eigenvalue weighted by atomic mass is 10.2. The number of pyridine rings is 1. The fraction of sp³-hybridized carbons (Fsp3) is 0.154. The topological polar surface area (TPSA) is 34.1 Å². The molecule has 0 atom stereocenters. The third kappa shape index (κ3) is 2.56. The number of nitrogens with zero attached hydrogens (tertiary/aromatic N) is 1. The van der Waals surface area contributed by atoms with Gasteiger partial charge in [-0.25, -0.2) is 13.8 Å². The number of halogens is 2. The van der Waals surface area contributed by atoms with Crippen LogP contribution in [0.5, 0.6) is 5.88 Å². The van der Waals surface area contributed by atoms with Gasteiger partial charge in [0.25, 0.3) is 0 Å². The second-order valence-electron chi connectivity index (χ2n) is 3.62. The van der Waals surface area contributed by atoms with E-state index in [1.807, 2.05) is 0 Å². The molecule has 1 aromatic carbocycles. The van der Waals surface area contributed by atoms with Crippen LogP contribution in [0, 0.1) is 11.6 Å². The standard InChI is InChI=1S/C13H12F2N2O/c1-18-13-9(4-3-7-16-13)8-17-12-10(14)5-2-6-11(12)15/h2-7,17H,8H2,1H3. The van der Waals surface area contributed by atoms with Crippen LogP contribution in [0.4, 0.5) is 14.5 Å². The average Bonchev–Trinajstić information content (AvgIpc) is 2.38. The number of hydrogen-bond acceptors (Lipinski definition) is 3. The van der Waals surface area contributed by atoms with Crippen molar-refractivity contribution in [2.75, 3.05) is 12.4 Å². The zero-order valence-electron chi connectivity index (χ0n) is 9.78. The first-order valence-corrected chi connectivity index (χ1v) is 5.38. The molecule has 0 fully saturated rings. The highest BCUT2D eigenvalue weighted by atomic mass is 19.1. The second kappa shape index (κ2) is 5.44. The molecule has 18 heavy (non-hydrogen) atoms. The summed E-state index contributed by atoms with van der Waals surface area (Å²) in [5.41, 5.74) is 0.575. The first-order valence-electron chi connectivity index (χ1n) is 5.38. The Morgan fingerprint density at radius 1 is 1.17 bits per heavy atom. The van der Waals surface area contributed by atoms with Crippen LogP contribution in [-0.2, 0) is 6.54 Å². The number of rotatable bonds is 4. The molecule has 1 heterocycles. The molecule has 0 aliphatic carbocycles. The molecule has 2 aromatic rings. The Kier molecular flexibility index (Phi) is 3.72. The van der Waals surface area contributed by atoms with Gasteiger partial charge in [-0.05, 0) is 18.2 Å². The number of benzene rings is 1. The van der Waals surface area contributed by atoms with Crippen LogP contribution in [0.2, 0.25) is 0 Å². The fourth-order valence-electron chi connectivity index (χ4n) is 1.59. The van der Waals surface area contributed by atoms with Gasteiger partial charge in [-0.15, -0.1) is 0 Å². The zero-order valence-corrected chi connectivity index (χ0v) is 9.78. The Morgan fingerprint density at radius 3 is 2.56 bits per heavy atom. The lowest BCUT2D eigenvalue weighted by Crippen LogP contribution is -2.05. The highest BCUT2D eigenvalue weighted by molar-refractivity contribution is 5.47. The van der Waals surface area contributed by atoms with Crippen molar-refractivity contribution in [3.05, 3.63) is 53.7 Å². The number of para-hydroxylation sites is 1. The van der Waals surface area contributed by atoms with E-state index in [4.69, 9.17) is 4.74 Å². The quantitative estimate of drug-likeness (QED) is 0.905. The Hall–Kier alpha value is -2.17. The van der Waals surface area contributed by atoms with E-state index >= 15 is 0 Å². The summed E-state index contributed by atoms with van der Waals surface area (Å²) in [6.07, 6.45) is 1.59. The summed E-state index contributed by atoms with van der Waals surface area (Å²) >= 11 is 0. The Labute approximate surface area is 103 Å². The average molecular weight is 250 g/mol. The highest BCUT2D eigenvalue weighted by Gasteiger charge is 2.09. The lowest BCUT2D eigenvalue weighted by molar-refractivity contribution is 0.393. The van der Waals surface area contributed by atoms with Gasteiger partial charge in [0.1, 0.15) is 17.3 Å². The van der Waals surface area contributed by atoms with Crippen molar-refractivity contribution < 1.29 is 13.5 Å². The largest absolute Gasteiger partial charge is 0.481 e. The van der Waals surface area contributed by atoms with Gasteiger partial charge in [0.05, 0.1) is 7.11 Å². The number of nitrogens with one attached hydrogen (secondary N) is 1.